The van der Waals surface area contributed by atoms with Crippen molar-refractivity contribution in [3.8, 4) is 0 Å². The molecule has 2 saturated heterocycles. The third-order valence-corrected chi connectivity index (χ3v) is 8.06. The molecule has 1 aromatic carbocycles. The fraction of sp³-hybridized carbons (Fsp3) is 0.654. The van der Waals surface area contributed by atoms with Gasteiger partial charge in [0.25, 0.3) is 0 Å². The number of aryl methyl sites for hydroxylation is 2. The molecule has 3 N–H and O–H groups in total. The molecule has 2 amide bonds. The zero-order chi connectivity index (χ0) is 24.5. The summed E-state index contributed by atoms with van der Waals surface area (Å²) in [7, 11) is 1.73. The number of hydrogen-bond donors (Lipinski definition) is 2. The van der Waals surface area contributed by atoms with Crippen LogP contribution in [0.2, 0.25) is 0 Å². The number of carbonyl (C=O) groups excluding carboxylic acids is 2. The minimum absolute atomic E-state index is 0.210. The van der Waals surface area contributed by atoms with E-state index in [2.05, 4.69) is 10.2 Å². The van der Waals surface area contributed by atoms with Gasteiger partial charge in [-0.15, -0.1) is 0 Å². The summed E-state index contributed by atoms with van der Waals surface area (Å²) >= 11 is 0. The maximum atomic E-state index is 13.0. The fourth-order valence-electron chi connectivity index (χ4n) is 5.98. The lowest BCUT2D eigenvalue weighted by Gasteiger charge is -2.37. The number of nitrogens with zero attached hydrogens (tertiary/aromatic N) is 3. The van der Waals surface area contributed by atoms with Crippen molar-refractivity contribution in [1.29, 1.82) is 0 Å². The quantitative estimate of drug-likeness (QED) is 0.602. The Hall–Kier alpha value is -2.49. The lowest BCUT2D eigenvalue weighted by Crippen LogP contribution is -2.45. The van der Waals surface area contributed by atoms with Gasteiger partial charge in [-0.2, -0.15) is 0 Å². The Morgan fingerprint density at radius 3 is 2.66 bits per heavy atom. The number of ether oxygens (including phenoxy) is 1. The lowest BCUT2D eigenvalue weighted by molar-refractivity contribution is -0.135. The smallest absolute Gasteiger partial charge is 0.329 e. The molecule has 5 rings (SSSR count). The number of amides is 2. The summed E-state index contributed by atoms with van der Waals surface area (Å²) in [6.07, 6.45) is 7.36. The molecule has 0 bridgehead atoms. The molecule has 0 radical (unpaired) electrons. The van der Waals surface area contributed by atoms with Crippen LogP contribution in [0.5, 0.6) is 0 Å². The number of nitrogens with one attached hydrogen (secondary N) is 1. The topological polar surface area (TPSA) is 112 Å². The van der Waals surface area contributed by atoms with Crippen LogP contribution in [0, 0.1) is 5.92 Å². The van der Waals surface area contributed by atoms with Crippen LogP contribution in [-0.4, -0.2) is 64.2 Å². The first-order valence-electron chi connectivity index (χ1n) is 13.0. The highest BCUT2D eigenvalue weighted by Crippen LogP contribution is 2.26. The Morgan fingerprint density at radius 2 is 1.89 bits per heavy atom. The molecule has 9 heteroatoms. The Labute approximate surface area is 205 Å². The van der Waals surface area contributed by atoms with E-state index >= 15 is 0 Å². The second-order valence-electron chi connectivity index (χ2n) is 10.6. The summed E-state index contributed by atoms with van der Waals surface area (Å²) in [5, 5.41) is 2.36. The van der Waals surface area contributed by atoms with Gasteiger partial charge in [-0.25, -0.2) is 4.79 Å². The van der Waals surface area contributed by atoms with Gasteiger partial charge in [0.1, 0.15) is 6.04 Å². The second kappa shape index (κ2) is 10.2. The summed E-state index contributed by atoms with van der Waals surface area (Å²) in [6.45, 7) is 3.89. The molecule has 1 saturated carbocycles. The Balaban J connectivity index is 1.23. The van der Waals surface area contributed by atoms with E-state index in [-0.39, 0.29) is 24.1 Å². The third-order valence-electron chi connectivity index (χ3n) is 8.06. The second-order valence-corrected chi connectivity index (χ2v) is 10.6. The van der Waals surface area contributed by atoms with Crippen LogP contribution < -0.4 is 16.7 Å². The molecule has 3 aliphatic rings. The molecular weight excluding hydrogens is 446 g/mol. The van der Waals surface area contributed by atoms with Gasteiger partial charge >= 0.3 is 5.69 Å². The number of carbonyl (C=O) groups is 2. The van der Waals surface area contributed by atoms with Crippen LogP contribution in [-0.2, 0) is 27.8 Å². The number of imidazole rings is 1. The van der Waals surface area contributed by atoms with Crippen LogP contribution in [0.3, 0.4) is 0 Å². The first-order valence-corrected chi connectivity index (χ1v) is 13.0. The molecule has 1 unspecified atom stereocenters. The summed E-state index contributed by atoms with van der Waals surface area (Å²) in [5.74, 6) is 0.0638. The molecule has 0 spiro atoms. The van der Waals surface area contributed by atoms with Crippen molar-refractivity contribution in [2.45, 2.75) is 69.6 Å². The SMILES string of the molecule is Cn1c(=O)n(C2CCC(=O)NC2=O)c2ccc(CC[C@H]3CN(CC4CCC(N)CC4)CCO3)cc21. The minimum atomic E-state index is -0.656. The summed E-state index contributed by atoms with van der Waals surface area (Å²) in [6, 6.07) is 5.75. The molecule has 2 atom stereocenters. The van der Waals surface area contributed by atoms with Crippen molar-refractivity contribution in [1.82, 2.24) is 19.4 Å². The van der Waals surface area contributed by atoms with Crippen molar-refractivity contribution < 1.29 is 14.3 Å². The number of hydrogen-bond acceptors (Lipinski definition) is 6. The average Bonchev–Trinajstić information content (AvgIpc) is 3.09. The molecule has 3 heterocycles. The molecule has 35 heavy (non-hydrogen) atoms. The van der Waals surface area contributed by atoms with E-state index in [9.17, 15) is 14.4 Å². The number of imide groups is 1. The van der Waals surface area contributed by atoms with E-state index in [0.717, 1.165) is 74.4 Å². The molecule has 2 aromatic rings. The van der Waals surface area contributed by atoms with Gasteiger partial charge in [0, 0.05) is 39.1 Å². The third kappa shape index (κ3) is 5.22. The maximum absolute atomic E-state index is 13.0. The Kier molecular flexibility index (Phi) is 7.09. The van der Waals surface area contributed by atoms with Crippen molar-refractivity contribution in [2.75, 3.05) is 26.2 Å². The van der Waals surface area contributed by atoms with Crippen LogP contribution in [0.1, 0.15) is 56.6 Å². The number of benzene rings is 1. The van der Waals surface area contributed by atoms with Gasteiger partial charge in [-0.1, -0.05) is 6.07 Å². The fourth-order valence-corrected chi connectivity index (χ4v) is 5.98. The van der Waals surface area contributed by atoms with E-state index in [0.29, 0.717) is 12.5 Å². The van der Waals surface area contributed by atoms with Crippen molar-refractivity contribution in [2.24, 2.45) is 18.7 Å². The molecule has 1 aromatic heterocycles. The number of nitrogens with two attached hydrogens (primary N) is 1. The maximum Gasteiger partial charge on any atom is 0.329 e. The van der Waals surface area contributed by atoms with Gasteiger partial charge in [-0.3, -0.25) is 28.9 Å². The molecule has 1 aliphatic carbocycles. The Morgan fingerprint density at radius 1 is 1.09 bits per heavy atom. The number of morpholine rings is 1. The predicted molar refractivity (Wildman–Crippen MR) is 133 cm³/mol. The zero-order valence-electron chi connectivity index (χ0n) is 20.6. The minimum Gasteiger partial charge on any atom is -0.376 e. The van der Waals surface area contributed by atoms with Crippen LogP contribution in [0.15, 0.2) is 23.0 Å². The Bertz CT molecular complexity index is 1150. The number of piperidine rings is 1. The monoisotopic (exact) mass is 483 g/mol. The van der Waals surface area contributed by atoms with E-state index in [1.165, 1.54) is 17.4 Å². The zero-order valence-corrected chi connectivity index (χ0v) is 20.6. The van der Waals surface area contributed by atoms with Crippen LogP contribution in [0.25, 0.3) is 11.0 Å². The van der Waals surface area contributed by atoms with Gasteiger partial charge < -0.3 is 10.5 Å². The summed E-state index contributed by atoms with van der Waals surface area (Å²) < 4.78 is 9.20. The molecule has 3 fully saturated rings. The summed E-state index contributed by atoms with van der Waals surface area (Å²) in [4.78, 5) is 39.5. The first-order chi connectivity index (χ1) is 16.9. The number of rotatable bonds is 6. The average molecular weight is 484 g/mol. The molecule has 2 aliphatic heterocycles. The van der Waals surface area contributed by atoms with Gasteiger partial charge in [-0.05, 0) is 68.6 Å². The van der Waals surface area contributed by atoms with Crippen molar-refractivity contribution in [3.05, 3.63) is 34.2 Å². The largest absolute Gasteiger partial charge is 0.376 e. The normalized spacial score (nSPS) is 28.4. The highest BCUT2D eigenvalue weighted by atomic mass is 16.5. The lowest BCUT2D eigenvalue weighted by atomic mass is 9.86. The van der Waals surface area contributed by atoms with Crippen LogP contribution >= 0.6 is 0 Å². The van der Waals surface area contributed by atoms with Crippen molar-refractivity contribution >= 4 is 22.8 Å². The molecular formula is C26H37N5O4. The van der Waals surface area contributed by atoms with Gasteiger partial charge in [0.05, 0.1) is 23.7 Å². The van der Waals surface area contributed by atoms with E-state index in [4.69, 9.17) is 10.5 Å². The van der Waals surface area contributed by atoms with E-state index < -0.39 is 11.9 Å². The van der Waals surface area contributed by atoms with Gasteiger partial charge in [0.2, 0.25) is 11.8 Å². The highest BCUT2D eigenvalue weighted by molar-refractivity contribution is 6.00. The predicted octanol–water partition coefficient (Wildman–Crippen LogP) is 1.47. The molecule has 190 valence electrons. The molecule has 9 nitrogen and oxygen atoms in total. The standard InChI is InChI=1S/C26H37N5O4/c1-29-23-14-17(5-9-21(23)31(26(29)34)22-10-11-24(32)28-25(22)33)4-8-20-16-30(12-13-35-20)15-18-2-6-19(27)7-3-18/h5,9,14,18-20,22H,2-4,6-8,10-13,15-16,27H2,1H3,(H,28,32,33)/t18?,19?,20-,22?/m0/s1. The first kappa shape index (κ1) is 24.2. The highest BCUT2D eigenvalue weighted by Gasteiger charge is 2.31. The van der Waals surface area contributed by atoms with E-state index in [1.54, 1.807) is 11.6 Å². The van der Waals surface area contributed by atoms with E-state index in [1.807, 2.05) is 18.2 Å². The number of fused-ring (bicyclic) bond motifs is 1. The summed E-state index contributed by atoms with van der Waals surface area (Å²) in [5.41, 5.74) is 8.51. The number of aromatic nitrogens is 2. The van der Waals surface area contributed by atoms with Crippen molar-refractivity contribution in [3.63, 3.8) is 0 Å². The van der Waals surface area contributed by atoms with Crippen LogP contribution in [0.4, 0.5) is 0 Å². The van der Waals surface area contributed by atoms with Gasteiger partial charge in [0.15, 0.2) is 0 Å².